The Morgan fingerprint density at radius 3 is 2.76 bits per heavy atom. The summed E-state index contributed by atoms with van der Waals surface area (Å²) in [4.78, 5) is 26.4. The van der Waals surface area contributed by atoms with E-state index >= 15 is 0 Å². The largest absolute Gasteiger partial charge is 0.465 e. The van der Waals surface area contributed by atoms with Crippen LogP contribution in [0.3, 0.4) is 0 Å². The molecule has 7 heteroatoms. The summed E-state index contributed by atoms with van der Waals surface area (Å²) in [5, 5.41) is 9.15. The van der Waals surface area contributed by atoms with Gasteiger partial charge in [0.15, 0.2) is 12.0 Å². The zero-order valence-corrected chi connectivity index (χ0v) is 12.2. The zero-order chi connectivity index (χ0) is 15.7. The standard InChI is InChI=1S/C14H19N3O4/c1-8(2)17-7-11(16(3)14(19)20)21-12-9(13(17)18)5-4-6-10(12)15/h4-6,8,11H,7,15H2,1-3H3,(H,19,20). The fourth-order valence-corrected chi connectivity index (χ4v) is 2.20. The fraction of sp³-hybridized carbons (Fsp3) is 0.429. The summed E-state index contributed by atoms with van der Waals surface area (Å²) in [6.07, 6.45) is -1.94. The van der Waals surface area contributed by atoms with Crippen LogP contribution < -0.4 is 10.5 Å². The molecular formula is C14H19N3O4. The number of carbonyl (C=O) groups is 2. The molecule has 1 aromatic carbocycles. The first-order valence-corrected chi connectivity index (χ1v) is 6.64. The molecule has 0 spiro atoms. The first-order chi connectivity index (χ1) is 9.82. The molecule has 1 aliphatic rings. The maximum Gasteiger partial charge on any atom is 0.409 e. The number of likely N-dealkylation sites (N-methyl/N-ethyl adjacent to an activating group) is 1. The Kier molecular flexibility index (Phi) is 3.93. The number of ether oxygens (including phenoxy) is 1. The summed E-state index contributed by atoms with van der Waals surface area (Å²) in [6, 6.07) is 4.84. The predicted molar refractivity (Wildman–Crippen MR) is 77.2 cm³/mol. The number of para-hydroxylation sites is 1. The lowest BCUT2D eigenvalue weighted by molar-refractivity contribution is 0.0205. The third kappa shape index (κ3) is 2.72. The van der Waals surface area contributed by atoms with Crippen LogP contribution in [0.2, 0.25) is 0 Å². The molecule has 0 aromatic heterocycles. The quantitative estimate of drug-likeness (QED) is 0.804. The van der Waals surface area contributed by atoms with Gasteiger partial charge in [-0.25, -0.2) is 4.79 Å². The van der Waals surface area contributed by atoms with E-state index in [0.29, 0.717) is 11.3 Å². The molecule has 2 rings (SSSR count). The van der Waals surface area contributed by atoms with Crippen LogP contribution >= 0.6 is 0 Å². The number of amides is 2. The smallest absolute Gasteiger partial charge is 0.409 e. The van der Waals surface area contributed by atoms with Crippen LogP contribution in [0.15, 0.2) is 18.2 Å². The molecule has 7 nitrogen and oxygen atoms in total. The van der Waals surface area contributed by atoms with Gasteiger partial charge in [-0.2, -0.15) is 0 Å². The molecule has 1 aromatic rings. The van der Waals surface area contributed by atoms with Gasteiger partial charge in [-0.3, -0.25) is 9.69 Å². The van der Waals surface area contributed by atoms with E-state index in [0.717, 1.165) is 4.90 Å². The van der Waals surface area contributed by atoms with Crippen LogP contribution in [-0.2, 0) is 0 Å². The van der Waals surface area contributed by atoms with E-state index in [-0.39, 0.29) is 24.2 Å². The Bertz CT molecular complexity index is 573. The average molecular weight is 293 g/mol. The second kappa shape index (κ2) is 5.51. The minimum atomic E-state index is -1.13. The summed E-state index contributed by atoms with van der Waals surface area (Å²) in [6.45, 7) is 3.88. The number of carbonyl (C=O) groups excluding carboxylic acids is 1. The lowest BCUT2D eigenvalue weighted by Gasteiger charge is -2.31. The molecule has 0 saturated carbocycles. The molecule has 2 amide bonds. The number of carboxylic acid groups (broad SMARTS) is 1. The summed E-state index contributed by atoms with van der Waals surface area (Å²) in [5.41, 5.74) is 6.54. The maximum absolute atomic E-state index is 12.6. The normalized spacial score (nSPS) is 18.0. The number of hydrogen-bond donors (Lipinski definition) is 2. The lowest BCUT2D eigenvalue weighted by atomic mass is 10.1. The molecule has 0 saturated heterocycles. The van der Waals surface area contributed by atoms with Gasteiger partial charge in [-0.1, -0.05) is 6.07 Å². The molecule has 1 aliphatic heterocycles. The number of nitrogen functional groups attached to an aromatic ring is 1. The highest BCUT2D eigenvalue weighted by atomic mass is 16.5. The molecular weight excluding hydrogens is 274 g/mol. The maximum atomic E-state index is 12.6. The van der Waals surface area contributed by atoms with Crippen molar-refractivity contribution in [3.05, 3.63) is 23.8 Å². The van der Waals surface area contributed by atoms with Crippen molar-refractivity contribution in [1.82, 2.24) is 9.80 Å². The van der Waals surface area contributed by atoms with E-state index in [1.54, 1.807) is 23.1 Å². The number of anilines is 1. The van der Waals surface area contributed by atoms with Gasteiger partial charge in [-0.05, 0) is 26.0 Å². The van der Waals surface area contributed by atoms with Crippen LogP contribution in [0.4, 0.5) is 10.5 Å². The van der Waals surface area contributed by atoms with Crippen molar-refractivity contribution in [1.29, 1.82) is 0 Å². The number of fused-ring (bicyclic) bond motifs is 1. The van der Waals surface area contributed by atoms with Crippen LogP contribution in [0.25, 0.3) is 0 Å². The van der Waals surface area contributed by atoms with E-state index < -0.39 is 12.3 Å². The topological polar surface area (TPSA) is 96.1 Å². The van der Waals surface area contributed by atoms with Gasteiger partial charge in [0.2, 0.25) is 0 Å². The molecule has 114 valence electrons. The van der Waals surface area contributed by atoms with Crippen molar-refractivity contribution in [2.75, 3.05) is 19.3 Å². The predicted octanol–water partition coefficient (Wildman–Crippen LogP) is 1.45. The molecule has 1 unspecified atom stereocenters. The van der Waals surface area contributed by atoms with Gasteiger partial charge in [0.1, 0.15) is 0 Å². The van der Waals surface area contributed by atoms with Crippen molar-refractivity contribution in [3.8, 4) is 5.75 Å². The highest BCUT2D eigenvalue weighted by Gasteiger charge is 2.34. The SMILES string of the molecule is CC(C)N1CC(N(C)C(=O)O)Oc2c(N)cccc2C1=O. The minimum absolute atomic E-state index is 0.0850. The van der Waals surface area contributed by atoms with Crippen LogP contribution in [0.5, 0.6) is 5.75 Å². The Labute approximate surface area is 122 Å². The molecule has 1 heterocycles. The summed E-state index contributed by atoms with van der Waals surface area (Å²) in [5.74, 6) is 0.0253. The Morgan fingerprint density at radius 2 is 2.19 bits per heavy atom. The van der Waals surface area contributed by atoms with Crippen molar-refractivity contribution in [2.24, 2.45) is 0 Å². The molecule has 21 heavy (non-hydrogen) atoms. The van der Waals surface area contributed by atoms with Gasteiger partial charge in [0.05, 0.1) is 17.8 Å². The Balaban J connectivity index is 2.50. The monoisotopic (exact) mass is 293 g/mol. The molecule has 1 atom stereocenters. The van der Waals surface area contributed by atoms with Crippen molar-refractivity contribution in [3.63, 3.8) is 0 Å². The number of nitrogens with zero attached hydrogens (tertiary/aromatic N) is 2. The first-order valence-electron chi connectivity index (χ1n) is 6.64. The van der Waals surface area contributed by atoms with Gasteiger partial charge in [-0.15, -0.1) is 0 Å². The summed E-state index contributed by atoms with van der Waals surface area (Å²) < 4.78 is 5.72. The average Bonchev–Trinajstić information content (AvgIpc) is 2.57. The van der Waals surface area contributed by atoms with Gasteiger partial charge in [0.25, 0.3) is 5.91 Å². The third-order valence-corrected chi connectivity index (χ3v) is 3.50. The van der Waals surface area contributed by atoms with E-state index in [2.05, 4.69) is 0 Å². The molecule has 3 N–H and O–H groups in total. The first kappa shape index (κ1) is 15.0. The van der Waals surface area contributed by atoms with E-state index in [9.17, 15) is 9.59 Å². The van der Waals surface area contributed by atoms with Crippen LogP contribution in [0, 0.1) is 0 Å². The van der Waals surface area contributed by atoms with Crippen LogP contribution in [0.1, 0.15) is 24.2 Å². The number of nitrogens with two attached hydrogens (primary N) is 1. The Morgan fingerprint density at radius 1 is 1.52 bits per heavy atom. The second-order valence-electron chi connectivity index (χ2n) is 5.24. The van der Waals surface area contributed by atoms with E-state index in [1.165, 1.54) is 7.05 Å². The molecule has 0 aliphatic carbocycles. The minimum Gasteiger partial charge on any atom is -0.465 e. The second-order valence-corrected chi connectivity index (χ2v) is 5.24. The molecule has 0 bridgehead atoms. The lowest BCUT2D eigenvalue weighted by Crippen LogP contribution is -2.49. The number of benzene rings is 1. The highest BCUT2D eigenvalue weighted by molar-refractivity contribution is 5.99. The van der Waals surface area contributed by atoms with Gasteiger partial charge < -0.3 is 20.5 Å². The van der Waals surface area contributed by atoms with Gasteiger partial charge >= 0.3 is 6.09 Å². The van der Waals surface area contributed by atoms with Crippen molar-refractivity contribution < 1.29 is 19.4 Å². The fourth-order valence-electron chi connectivity index (χ4n) is 2.20. The van der Waals surface area contributed by atoms with Crippen molar-refractivity contribution >= 4 is 17.7 Å². The summed E-state index contributed by atoms with van der Waals surface area (Å²) >= 11 is 0. The van der Waals surface area contributed by atoms with Gasteiger partial charge in [0, 0.05) is 13.1 Å². The number of hydrogen-bond acceptors (Lipinski definition) is 4. The number of rotatable bonds is 2. The van der Waals surface area contributed by atoms with E-state index in [1.807, 2.05) is 13.8 Å². The highest BCUT2D eigenvalue weighted by Crippen LogP contribution is 2.32. The van der Waals surface area contributed by atoms with E-state index in [4.69, 9.17) is 15.6 Å². The third-order valence-electron chi connectivity index (χ3n) is 3.50. The zero-order valence-electron chi connectivity index (χ0n) is 12.2. The van der Waals surface area contributed by atoms with Crippen molar-refractivity contribution in [2.45, 2.75) is 26.1 Å². The Hall–Kier alpha value is -2.44. The molecule has 0 fully saturated rings. The van der Waals surface area contributed by atoms with Crippen LogP contribution in [-0.4, -0.2) is 52.8 Å². The summed E-state index contributed by atoms with van der Waals surface area (Å²) in [7, 11) is 1.40. The molecule has 0 radical (unpaired) electrons.